The number of nitrogens with zero attached hydrogens (tertiary/aromatic N) is 4. The third-order valence-corrected chi connectivity index (χ3v) is 3.66. The normalized spacial score (nSPS) is 10.8. The predicted octanol–water partition coefficient (Wildman–Crippen LogP) is 2.15. The van der Waals surface area contributed by atoms with Crippen molar-refractivity contribution >= 4 is 11.6 Å². The maximum absolute atomic E-state index is 12.6. The van der Waals surface area contributed by atoms with Crippen molar-refractivity contribution in [3.05, 3.63) is 54.0 Å². The molecule has 0 aliphatic rings. The number of hydrogen-bond acceptors (Lipinski definition) is 5. The monoisotopic (exact) mass is 334 g/mol. The SMILES string of the molecule is Cc1cnc(-c2ccccc2NC(=O)c2c[nH]c(-c3nn[nH]n3)c2)[nH]1. The number of amides is 1. The molecule has 0 fully saturated rings. The van der Waals surface area contributed by atoms with E-state index in [1.165, 1.54) is 0 Å². The van der Waals surface area contributed by atoms with Crippen LogP contribution in [0.4, 0.5) is 5.69 Å². The quantitative estimate of drug-likeness (QED) is 0.454. The Morgan fingerprint density at radius 2 is 2.12 bits per heavy atom. The largest absolute Gasteiger partial charge is 0.358 e. The number of para-hydroxylation sites is 1. The molecular weight excluding hydrogens is 320 g/mol. The zero-order chi connectivity index (χ0) is 17.2. The highest BCUT2D eigenvalue weighted by Crippen LogP contribution is 2.26. The molecule has 0 aliphatic carbocycles. The molecule has 0 saturated carbocycles. The van der Waals surface area contributed by atoms with Crippen LogP contribution >= 0.6 is 0 Å². The molecule has 0 spiro atoms. The second-order valence-corrected chi connectivity index (χ2v) is 5.45. The van der Waals surface area contributed by atoms with E-state index >= 15 is 0 Å². The second kappa shape index (κ2) is 6.04. The third kappa shape index (κ3) is 2.90. The van der Waals surface area contributed by atoms with Gasteiger partial charge in [0.2, 0.25) is 5.82 Å². The van der Waals surface area contributed by atoms with E-state index in [1.54, 1.807) is 18.5 Å². The van der Waals surface area contributed by atoms with Crippen molar-refractivity contribution in [2.75, 3.05) is 5.32 Å². The van der Waals surface area contributed by atoms with Crippen molar-refractivity contribution in [3.63, 3.8) is 0 Å². The van der Waals surface area contributed by atoms with E-state index in [9.17, 15) is 4.79 Å². The minimum Gasteiger partial charge on any atom is -0.358 e. The van der Waals surface area contributed by atoms with E-state index in [2.05, 4.69) is 40.9 Å². The zero-order valence-corrected chi connectivity index (χ0v) is 13.2. The molecule has 1 aromatic carbocycles. The number of carbonyl (C=O) groups excluding carboxylic acids is 1. The fourth-order valence-corrected chi connectivity index (χ4v) is 2.47. The highest BCUT2D eigenvalue weighted by Gasteiger charge is 2.14. The molecule has 4 N–H and O–H groups in total. The number of tetrazole rings is 1. The van der Waals surface area contributed by atoms with Crippen LogP contribution in [0.1, 0.15) is 16.1 Å². The van der Waals surface area contributed by atoms with E-state index < -0.39 is 0 Å². The Balaban J connectivity index is 1.60. The van der Waals surface area contributed by atoms with Crippen LogP contribution in [0.3, 0.4) is 0 Å². The first-order valence-electron chi connectivity index (χ1n) is 7.55. The summed E-state index contributed by atoms with van der Waals surface area (Å²) in [6, 6.07) is 9.15. The summed E-state index contributed by atoms with van der Waals surface area (Å²) in [7, 11) is 0. The number of aromatic nitrogens is 7. The van der Waals surface area contributed by atoms with Crippen LogP contribution in [-0.4, -0.2) is 41.5 Å². The number of aryl methyl sites for hydroxylation is 1. The van der Waals surface area contributed by atoms with Crippen LogP contribution in [0.2, 0.25) is 0 Å². The van der Waals surface area contributed by atoms with Gasteiger partial charge < -0.3 is 15.3 Å². The first-order valence-corrected chi connectivity index (χ1v) is 7.55. The molecule has 9 heteroatoms. The van der Waals surface area contributed by atoms with Crippen molar-refractivity contribution in [2.45, 2.75) is 6.92 Å². The smallest absolute Gasteiger partial charge is 0.257 e. The molecule has 124 valence electrons. The molecule has 25 heavy (non-hydrogen) atoms. The third-order valence-electron chi connectivity index (χ3n) is 3.66. The lowest BCUT2D eigenvalue weighted by atomic mass is 10.1. The molecular formula is C16H14N8O. The summed E-state index contributed by atoms with van der Waals surface area (Å²) >= 11 is 0. The molecule has 0 atom stereocenters. The number of aromatic amines is 3. The van der Waals surface area contributed by atoms with Gasteiger partial charge in [0.25, 0.3) is 5.91 Å². The van der Waals surface area contributed by atoms with Gasteiger partial charge in [0.05, 0.1) is 16.9 Å². The molecule has 0 saturated heterocycles. The zero-order valence-electron chi connectivity index (χ0n) is 13.2. The van der Waals surface area contributed by atoms with Gasteiger partial charge in [-0.05, 0) is 30.3 Å². The van der Waals surface area contributed by atoms with Crippen LogP contribution in [-0.2, 0) is 0 Å². The van der Waals surface area contributed by atoms with E-state index in [0.717, 1.165) is 11.3 Å². The van der Waals surface area contributed by atoms with Gasteiger partial charge in [-0.15, -0.1) is 10.2 Å². The maximum Gasteiger partial charge on any atom is 0.257 e. The molecule has 0 radical (unpaired) electrons. The Kier molecular flexibility index (Phi) is 3.58. The minimum atomic E-state index is -0.248. The first-order chi connectivity index (χ1) is 12.2. The highest BCUT2D eigenvalue weighted by atomic mass is 16.1. The van der Waals surface area contributed by atoms with Crippen molar-refractivity contribution < 1.29 is 4.79 Å². The lowest BCUT2D eigenvalue weighted by molar-refractivity contribution is 0.102. The van der Waals surface area contributed by atoms with Crippen LogP contribution in [0, 0.1) is 6.92 Å². The van der Waals surface area contributed by atoms with E-state index in [-0.39, 0.29) is 5.91 Å². The Morgan fingerprint density at radius 3 is 2.88 bits per heavy atom. The summed E-state index contributed by atoms with van der Waals surface area (Å²) in [4.78, 5) is 23.0. The summed E-state index contributed by atoms with van der Waals surface area (Å²) in [5, 5.41) is 16.5. The van der Waals surface area contributed by atoms with Gasteiger partial charge in [0.1, 0.15) is 5.82 Å². The molecule has 4 rings (SSSR count). The van der Waals surface area contributed by atoms with Gasteiger partial charge in [0, 0.05) is 23.7 Å². The number of H-pyrrole nitrogens is 3. The van der Waals surface area contributed by atoms with Gasteiger partial charge in [0.15, 0.2) is 0 Å². The molecule has 0 aliphatic heterocycles. The predicted molar refractivity (Wildman–Crippen MR) is 90.7 cm³/mol. The first kappa shape index (κ1) is 14.8. The van der Waals surface area contributed by atoms with Gasteiger partial charge in [-0.1, -0.05) is 12.1 Å². The number of benzene rings is 1. The van der Waals surface area contributed by atoms with Crippen molar-refractivity contribution in [1.29, 1.82) is 0 Å². The second-order valence-electron chi connectivity index (χ2n) is 5.45. The van der Waals surface area contributed by atoms with Crippen molar-refractivity contribution in [2.24, 2.45) is 0 Å². The molecule has 4 aromatic rings. The van der Waals surface area contributed by atoms with Crippen molar-refractivity contribution in [3.8, 4) is 22.9 Å². The number of nitrogens with one attached hydrogen (secondary N) is 4. The Morgan fingerprint density at radius 1 is 1.24 bits per heavy atom. The fourth-order valence-electron chi connectivity index (χ4n) is 2.47. The number of hydrogen-bond donors (Lipinski definition) is 4. The summed E-state index contributed by atoms with van der Waals surface area (Å²) < 4.78 is 0. The standard InChI is InChI=1S/C16H14N8O/c1-9-7-18-14(19-9)11-4-2-3-5-12(11)20-16(25)10-6-13(17-8-10)15-21-23-24-22-15/h2-8,17H,1H3,(H,18,19)(H,20,25)(H,21,22,23,24). The van der Waals surface area contributed by atoms with E-state index in [4.69, 9.17) is 0 Å². The number of carbonyl (C=O) groups is 1. The Labute approximate surface area is 141 Å². The van der Waals surface area contributed by atoms with Crippen LogP contribution in [0.15, 0.2) is 42.7 Å². The molecule has 9 nitrogen and oxygen atoms in total. The van der Waals surface area contributed by atoms with Crippen LogP contribution in [0.5, 0.6) is 0 Å². The average molecular weight is 334 g/mol. The summed E-state index contributed by atoms with van der Waals surface area (Å²) in [6.07, 6.45) is 3.35. The van der Waals surface area contributed by atoms with E-state index in [1.807, 2.05) is 31.2 Å². The summed E-state index contributed by atoms with van der Waals surface area (Å²) in [6.45, 7) is 1.93. The van der Waals surface area contributed by atoms with Gasteiger partial charge >= 0.3 is 0 Å². The minimum absolute atomic E-state index is 0.248. The summed E-state index contributed by atoms with van der Waals surface area (Å²) in [5.74, 6) is 0.849. The molecule has 0 bridgehead atoms. The maximum atomic E-state index is 12.6. The number of rotatable bonds is 4. The number of anilines is 1. The molecule has 0 unspecified atom stereocenters. The Hall–Kier alpha value is -3.75. The Bertz CT molecular complexity index is 1010. The van der Waals surface area contributed by atoms with Gasteiger partial charge in [-0.3, -0.25) is 4.79 Å². The number of imidazole rings is 1. The van der Waals surface area contributed by atoms with Gasteiger partial charge in [-0.2, -0.15) is 5.21 Å². The topological polar surface area (TPSA) is 128 Å². The van der Waals surface area contributed by atoms with E-state index in [0.29, 0.717) is 28.6 Å². The lowest BCUT2D eigenvalue weighted by Crippen LogP contribution is -2.11. The molecule has 1 amide bonds. The highest BCUT2D eigenvalue weighted by molar-refractivity contribution is 6.06. The molecule has 3 aromatic heterocycles. The molecule has 3 heterocycles. The van der Waals surface area contributed by atoms with Crippen LogP contribution < -0.4 is 5.32 Å². The van der Waals surface area contributed by atoms with Crippen molar-refractivity contribution in [1.82, 2.24) is 35.6 Å². The van der Waals surface area contributed by atoms with Crippen LogP contribution in [0.25, 0.3) is 22.9 Å². The summed E-state index contributed by atoms with van der Waals surface area (Å²) in [5.41, 5.74) is 3.51. The fraction of sp³-hybridized carbons (Fsp3) is 0.0625. The lowest BCUT2D eigenvalue weighted by Gasteiger charge is -2.08. The van der Waals surface area contributed by atoms with Gasteiger partial charge in [-0.25, -0.2) is 4.98 Å². The average Bonchev–Trinajstić information content (AvgIpc) is 3.36.